The minimum atomic E-state index is -3.02. The van der Waals surface area contributed by atoms with E-state index in [0.717, 1.165) is 6.92 Å². The molecule has 0 aliphatic carbocycles. The van der Waals surface area contributed by atoms with Crippen molar-refractivity contribution in [2.24, 2.45) is 5.92 Å². The van der Waals surface area contributed by atoms with Crippen LogP contribution in [-0.4, -0.2) is 21.0 Å². The Balaban J connectivity index is 2.73. The van der Waals surface area contributed by atoms with E-state index in [1.807, 2.05) is 0 Å². The van der Waals surface area contributed by atoms with E-state index in [0.29, 0.717) is 5.69 Å². The molecule has 0 saturated carbocycles. The van der Waals surface area contributed by atoms with Crippen LogP contribution in [-0.2, 0) is 17.1 Å². The third kappa shape index (κ3) is 3.00. The molecule has 6 heteroatoms. The van der Waals surface area contributed by atoms with E-state index < -0.39 is 23.6 Å². The lowest BCUT2D eigenvalue weighted by Crippen LogP contribution is -2.13. The zero-order valence-corrected chi connectivity index (χ0v) is 8.42. The Labute approximate surface area is 85.3 Å². The fraction of sp³-hybridized carbons (Fsp3) is 0.556. The SMILES string of the molecule is CC(Cc1cnc(C(C)(F)F)[nH]1)C(=O)O. The molecule has 0 aliphatic rings. The van der Waals surface area contributed by atoms with Crippen LogP contribution in [0.3, 0.4) is 0 Å². The second kappa shape index (κ2) is 3.96. The summed E-state index contributed by atoms with van der Waals surface area (Å²) in [4.78, 5) is 16.4. The Bertz CT molecular complexity index is 357. The molecular formula is C9H12F2N2O2. The highest BCUT2D eigenvalue weighted by molar-refractivity contribution is 5.69. The number of H-pyrrole nitrogens is 1. The molecule has 0 aromatic carbocycles. The Morgan fingerprint density at radius 2 is 2.33 bits per heavy atom. The molecule has 1 rings (SSSR count). The van der Waals surface area contributed by atoms with Crippen molar-refractivity contribution in [3.05, 3.63) is 17.7 Å². The normalized spacial score (nSPS) is 13.9. The third-order valence-electron chi connectivity index (χ3n) is 1.99. The lowest BCUT2D eigenvalue weighted by atomic mass is 10.1. The Hall–Kier alpha value is -1.46. The molecule has 0 aliphatic heterocycles. The molecule has 1 heterocycles. The van der Waals surface area contributed by atoms with Crippen molar-refractivity contribution in [2.75, 3.05) is 0 Å². The highest BCUT2D eigenvalue weighted by atomic mass is 19.3. The van der Waals surface area contributed by atoms with E-state index in [9.17, 15) is 13.6 Å². The van der Waals surface area contributed by atoms with Crippen LogP contribution in [0.4, 0.5) is 8.78 Å². The molecule has 0 bridgehead atoms. The number of aromatic nitrogens is 2. The average Bonchev–Trinajstić information content (AvgIpc) is 2.51. The van der Waals surface area contributed by atoms with Crippen LogP contribution in [0.1, 0.15) is 25.4 Å². The predicted octanol–water partition coefficient (Wildman–Crippen LogP) is 1.78. The Kier molecular flexibility index (Phi) is 3.06. The molecule has 1 aromatic rings. The molecule has 0 radical (unpaired) electrons. The zero-order valence-electron chi connectivity index (χ0n) is 8.42. The molecule has 1 aromatic heterocycles. The van der Waals surface area contributed by atoms with E-state index in [1.54, 1.807) is 0 Å². The van der Waals surface area contributed by atoms with Gasteiger partial charge in [0.15, 0.2) is 5.82 Å². The van der Waals surface area contributed by atoms with Crippen molar-refractivity contribution in [3.63, 3.8) is 0 Å². The smallest absolute Gasteiger partial charge is 0.306 e. The van der Waals surface area contributed by atoms with Gasteiger partial charge in [-0.05, 0) is 0 Å². The first-order valence-corrected chi connectivity index (χ1v) is 4.45. The van der Waals surface area contributed by atoms with Gasteiger partial charge >= 0.3 is 11.9 Å². The number of carboxylic acid groups (broad SMARTS) is 1. The third-order valence-corrected chi connectivity index (χ3v) is 1.99. The van der Waals surface area contributed by atoms with Gasteiger partial charge in [0.25, 0.3) is 0 Å². The number of alkyl halides is 2. The highest BCUT2D eigenvalue weighted by Crippen LogP contribution is 2.24. The first kappa shape index (κ1) is 11.6. The Morgan fingerprint density at radius 1 is 1.73 bits per heavy atom. The molecular weight excluding hydrogens is 206 g/mol. The van der Waals surface area contributed by atoms with Crippen LogP contribution in [0, 0.1) is 5.92 Å². The maximum absolute atomic E-state index is 12.8. The van der Waals surface area contributed by atoms with Gasteiger partial charge < -0.3 is 10.1 Å². The van der Waals surface area contributed by atoms with Gasteiger partial charge in [0.1, 0.15) is 0 Å². The minimum absolute atomic E-state index is 0.165. The number of halogens is 2. The van der Waals surface area contributed by atoms with Gasteiger partial charge in [-0.3, -0.25) is 4.79 Å². The fourth-order valence-corrected chi connectivity index (χ4v) is 1.10. The maximum Gasteiger partial charge on any atom is 0.306 e. The number of carbonyl (C=O) groups is 1. The largest absolute Gasteiger partial charge is 0.481 e. The topological polar surface area (TPSA) is 66.0 Å². The van der Waals surface area contributed by atoms with E-state index in [1.165, 1.54) is 13.1 Å². The lowest BCUT2D eigenvalue weighted by molar-refractivity contribution is -0.141. The average molecular weight is 218 g/mol. The second-order valence-electron chi connectivity index (χ2n) is 3.59. The quantitative estimate of drug-likeness (QED) is 0.809. The molecule has 1 unspecified atom stereocenters. The van der Waals surface area contributed by atoms with Crippen molar-refractivity contribution in [1.82, 2.24) is 9.97 Å². The van der Waals surface area contributed by atoms with Crippen molar-refractivity contribution in [1.29, 1.82) is 0 Å². The summed E-state index contributed by atoms with van der Waals surface area (Å²) >= 11 is 0. The number of imidazole rings is 1. The lowest BCUT2D eigenvalue weighted by Gasteiger charge is -2.06. The van der Waals surface area contributed by atoms with Crippen LogP contribution >= 0.6 is 0 Å². The van der Waals surface area contributed by atoms with Crippen LogP contribution in [0.2, 0.25) is 0 Å². The molecule has 0 spiro atoms. The molecule has 1 atom stereocenters. The van der Waals surface area contributed by atoms with E-state index in [2.05, 4.69) is 9.97 Å². The Morgan fingerprint density at radius 3 is 2.73 bits per heavy atom. The molecule has 0 saturated heterocycles. The van der Waals surface area contributed by atoms with Gasteiger partial charge in [0, 0.05) is 25.2 Å². The highest BCUT2D eigenvalue weighted by Gasteiger charge is 2.28. The summed E-state index contributed by atoms with van der Waals surface area (Å²) in [5.74, 6) is -5.04. The predicted molar refractivity (Wildman–Crippen MR) is 48.7 cm³/mol. The second-order valence-corrected chi connectivity index (χ2v) is 3.59. The standard InChI is InChI=1S/C9H12F2N2O2/c1-5(7(14)15)3-6-4-12-8(13-6)9(2,10)11/h4-5H,3H2,1-2H3,(H,12,13)(H,14,15). The molecule has 84 valence electrons. The number of nitrogens with one attached hydrogen (secondary N) is 1. The summed E-state index contributed by atoms with van der Waals surface area (Å²) < 4.78 is 25.5. The van der Waals surface area contributed by atoms with Crippen LogP contribution in [0.5, 0.6) is 0 Å². The zero-order chi connectivity index (χ0) is 11.6. The van der Waals surface area contributed by atoms with Crippen LogP contribution in [0.25, 0.3) is 0 Å². The summed E-state index contributed by atoms with van der Waals surface area (Å²) in [7, 11) is 0. The fourth-order valence-electron chi connectivity index (χ4n) is 1.10. The first-order valence-electron chi connectivity index (χ1n) is 4.45. The summed E-state index contributed by atoms with van der Waals surface area (Å²) in [5, 5.41) is 8.63. The molecule has 0 amide bonds. The molecule has 2 N–H and O–H groups in total. The van der Waals surface area contributed by atoms with Gasteiger partial charge in [-0.15, -0.1) is 0 Å². The summed E-state index contributed by atoms with van der Waals surface area (Å²) in [6, 6.07) is 0. The minimum Gasteiger partial charge on any atom is -0.481 e. The maximum atomic E-state index is 12.8. The molecule has 15 heavy (non-hydrogen) atoms. The van der Waals surface area contributed by atoms with Gasteiger partial charge in [-0.25, -0.2) is 4.98 Å². The van der Waals surface area contributed by atoms with Crippen molar-refractivity contribution < 1.29 is 18.7 Å². The van der Waals surface area contributed by atoms with Crippen molar-refractivity contribution in [2.45, 2.75) is 26.2 Å². The molecule has 4 nitrogen and oxygen atoms in total. The monoisotopic (exact) mass is 218 g/mol. The summed E-state index contributed by atoms with van der Waals surface area (Å²) in [6.07, 6.45) is 1.41. The van der Waals surface area contributed by atoms with Crippen LogP contribution < -0.4 is 0 Å². The number of carboxylic acids is 1. The number of aromatic amines is 1. The van der Waals surface area contributed by atoms with E-state index in [4.69, 9.17) is 5.11 Å². The van der Waals surface area contributed by atoms with Gasteiger partial charge in [0.05, 0.1) is 5.92 Å². The van der Waals surface area contributed by atoms with E-state index >= 15 is 0 Å². The summed E-state index contributed by atoms with van der Waals surface area (Å²) in [6.45, 7) is 2.24. The molecule has 0 fully saturated rings. The first-order chi connectivity index (χ1) is 6.80. The number of hydrogen-bond donors (Lipinski definition) is 2. The van der Waals surface area contributed by atoms with Crippen molar-refractivity contribution >= 4 is 5.97 Å². The van der Waals surface area contributed by atoms with E-state index in [-0.39, 0.29) is 6.42 Å². The van der Waals surface area contributed by atoms with Gasteiger partial charge in [-0.1, -0.05) is 6.92 Å². The number of nitrogens with zero attached hydrogens (tertiary/aromatic N) is 1. The van der Waals surface area contributed by atoms with Gasteiger partial charge in [0.2, 0.25) is 0 Å². The summed E-state index contributed by atoms with van der Waals surface area (Å²) in [5.41, 5.74) is 0.404. The number of rotatable bonds is 4. The number of hydrogen-bond acceptors (Lipinski definition) is 2. The van der Waals surface area contributed by atoms with Crippen molar-refractivity contribution in [3.8, 4) is 0 Å². The van der Waals surface area contributed by atoms with Gasteiger partial charge in [-0.2, -0.15) is 8.78 Å². The number of aliphatic carboxylic acids is 1. The van der Waals surface area contributed by atoms with Crippen LogP contribution in [0.15, 0.2) is 6.20 Å².